The number of rotatable bonds is 3. The van der Waals surface area contributed by atoms with Crippen LogP contribution in [0.2, 0.25) is 0 Å². The summed E-state index contributed by atoms with van der Waals surface area (Å²) >= 11 is 0. The Hall–Kier alpha value is -1.19. The van der Waals surface area contributed by atoms with Crippen molar-refractivity contribution in [2.75, 3.05) is 17.6 Å². The monoisotopic (exact) mass is 208 g/mol. The van der Waals surface area contributed by atoms with Crippen LogP contribution in [0.3, 0.4) is 0 Å². The zero-order chi connectivity index (χ0) is 11.1. The first-order valence-electron chi connectivity index (χ1n) is 5.55. The summed E-state index contributed by atoms with van der Waals surface area (Å²) in [7, 11) is 1.93. The van der Waals surface area contributed by atoms with Crippen LogP contribution in [-0.2, 0) is 7.05 Å². The lowest BCUT2D eigenvalue weighted by atomic mass is 9.70. The fraction of sp³-hybridized carbons (Fsp3) is 0.727. The first-order valence-corrected chi connectivity index (χ1v) is 5.55. The molecule has 4 heteroatoms. The van der Waals surface area contributed by atoms with Crippen LogP contribution in [0.1, 0.15) is 31.9 Å². The van der Waals surface area contributed by atoms with Gasteiger partial charge < -0.3 is 11.1 Å². The Kier molecular flexibility index (Phi) is 2.37. The molecule has 2 rings (SSSR count). The molecule has 1 aliphatic rings. The Morgan fingerprint density at radius 3 is 2.60 bits per heavy atom. The molecule has 1 fully saturated rings. The van der Waals surface area contributed by atoms with E-state index in [1.54, 1.807) is 0 Å². The minimum atomic E-state index is 0.463. The molecule has 0 saturated heterocycles. The van der Waals surface area contributed by atoms with E-state index in [1.807, 2.05) is 18.7 Å². The molecule has 3 N–H and O–H groups in total. The standard InChI is InChI=1S/C11H20N4/c1-8-9(12)10(15(3)14-8)13-7-11(2)5-4-6-11/h13H,4-7,12H2,1-3H3. The lowest BCUT2D eigenvalue weighted by Crippen LogP contribution is -2.33. The van der Waals surface area contributed by atoms with Gasteiger partial charge in [-0.05, 0) is 25.2 Å². The summed E-state index contributed by atoms with van der Waals surface area (Å²) in [6, 6.07) is 0. The Balaban J connectivity index is 2.04. The molecular weight excluding hydrogens is 188 g/mol. The quantitative estimate of drug-likeness (QED) is 0.797. The molecule has 84 valence electrons. The Morgan fingerprint density at radius 1 is 1.53 bits per heavy atom. The summed E-state index contributed by atoms with van der Waals surface area (Å²) in [5.74, 6) is 0.959. The van der Waals surface area contributed by atoms with E-state index in [9.17, 15) is 0 Å². The van der Waals surface area contributed by atoms with Crippen molar-refractivity contribution in [3.8, 4) is 0 Å². The van der Waals surface area contributed by atoms with Crippen molar-refractivity contribution in [1.82, 2.24) is 9.78 Å². The first-order chi connectivity index (χ1) is 7.02. The zero-order valence-corrected chi connectivity index (χ0v) is 9.80. The number of aromatic nitrogens is 2. The van der Waals surface area contributed by atoms with Crippen molar-refractivity contribution >= 4 is 11.5 Å². The highest BCUT2D eigenvalue weighted by molar-refractivity contribution is 5.64. The van der Waals surface area contributed by atoms with Crippen LogP contribution in [0.5, 0.6) is 0 Å². The highest BCUT2D eigenvalue weighted by atomic mass is 15.3. The zero-order valence-electron chi connectivity index (χ0n) is 9.80. The minimum Gasteiger partial charge on any atom is -0.394 e. The normalized spacial score (nSPS) is 18.6. The van der Waals surface area contributed by atoms with Crippen molar-refractivity contribution < 1.29 is 0 Å². The number of hydrogen-bond acceptors (Lipinski definition) is 3. The SMILES string of the molecule is Cc1nn(C)c(NCC2(C)CCC2)c1N. The van der Waals surface area contributed by atoms with Gasteiger partial charge in [-0.25, -0.2) is 0 Å². The molecule has 1 heterocycles. The molecule has 4 nitrogen and oxygen atoms in total. The molecule has 0 unspecified atom stereocenters. The second-order valence-corrected chi connectivity index (χ2v) is 4.99. The van der Waals surface area contributed by atoms with Crippen molar-refractivity contribution in [2.24, 2.45) is 12.5 Å². The number of anilines is 2. The van der Waals surface area contributed by atoms with E-state index >= 15 is 0 Å². The van der Waals surface area contributed by atoms with Gasteiger partial charge in [0.2, 0.25) is 0 Å². The smallest absolute Gasteiger partial charge is 0.147 e. The summed E-state index contributed by atoms with van der Waals surface area (Å²) in [6.45, 7) is 5.25. The molecule has 0 aliphatic heterocycles. The molecule has 15 heavy (non-hydrogen) atoms. The summed E-state index contributed by atoms with van der Waals surface area (Å²) in [6.07, 6.45) is 3.99. The van der Waals surface area contributed by atoms with E-state index in [2.05, 4.69) is 17.3 Å². The number of nitrogens with two attached hydrogens (primary N) is 1. The van der Waals surface area contributed by atoms with Gasteiger partial charge in [0.15, 0.2) is 0 Å². The number of nitrogens with one attached hydrogen (secondary N) is 1. The second kappa shape index (κ2) is 3.43. The van der Waals surface area contributed by atoms with Crippen LogP contribution in [0.15, 0.2) is 0 Å². The summed E-state index contributed by atoms with van der Waals surface area (Å²) < 4.78 is 1.83. The fourth-order valence-corrected chi connectivity index (χ4v) is 2.14. The van der Waals surface area contributed by atoms with Crippen molar-refractivity contribution in [3.63, 3.8) is 0 Å². The van der Waals surface area contributed by atoms with Crippen LogP contribution in [0.4, 0.5) is 11.5 Å². The van der Waals surface area contributed by atoms with Gasteiger partial charge in [-0.2, -0.15) is 5.10 Å². The van der Waals surface area contributed by atoms with Crippen LogP contribution in [0, 0.1) is 12.3 Å². The predicted octanol–water partition coefficient (Wildman–Crippen LogP) is 1.91. The van der Waals surface area contributed by atoms with Gasteiger partial charge in [0.05, 0.1) is 11.4 Å². The molecule has 0 bridgehead atoms. The topological polar surface area (TPSA) is 55.9 Å². The molecule has 1 saturated carbocycles. The van der Waals surface area contributed by atoms with Gasteiger partial charge >= 0.3 is 0 Å². The third kappa shape index (κ3) is 1.80. The Bertz CT molecular complexity index is 363. The number of aryl methyl sites for hydroxylation is 2. The highest BCUT2D eigenvalue weighted by Crippen LogP contribution is 2.40. The molecule has 0 aromatic carbocycles. The Labute approximate surface area is 90.8 Å². The summed E-state index contributed by atoms with van der Waals surface area (Å²) in [5, 5.41) is 7.70. The van der Waals surface area contributed by atoms with Crippen molar-refractivity contribution in [3.05, 3.63) is 5.69 Å². The van der Waals surface area contributed by atoms with E-state index in [0.717, 1.165) is 23.7 Å². The van der Waals surface area contributed by atoms with Gasteiger partial charge in [-0.1, -0.05) is 13.3 Å². The molecule has 1 aliphatic carbocycles. The van der Waals surface area contributed by atoms with E-state index in [4.69, 9.17) is 5.73 Å². The van der Waals surface area contributed by atoms with E-state index in [-0.39, 0.29) is 0 Å². The molecule has 0 spiro atoms. The lowest BCUT2D eigenvalue weighted by Gasteiger charge is -2.38. The molecule has 0 radical (unpaired) electrons. The van der Waals surface area contributed by atoms with Gasteiger partial charge in [-0.15, -0.1) is 0 Å². The molecule has 0 atom stereocenters. The highest BCUT2D eigenvalue weighted by Gasteiger charge is 2.31. The maximum absolute atomic E-state index is 5.95. The van der Waals surface area contributed by atoms with Gasteiger partial charge in [0.25, 0.3) is 0 Å². The molecule has 1 aromatic heterocycles. The minimum absolute atomic E-state index is 0.463. The van der Waals surface area contributed by atoms with E-state index in [1.165, 1.54) is 19.3 Å². The summed E-state index contributed by atoms with van der Waals surface area (Å²) in [5.41, 5.74) is 8.09. The number of hydrogen-bond donors (Lipinski definition) is 2. The van der Waals surface area contributed by atoms with Crippen LogP contribution >= 0.6 is 0 Å². The van der Waals surface area contributed by atoms with Gasteiger partial charge in [0, 0.05) is 13.6 Å². The third-order valence-electron chi connectivity index (χ3n) is 3.51. The van der Waals surface area contributed by atoms with E-state index in [0.29, 0.717) is 5.41 Å². The van der Waals surface area contributed by atoms with Crippen molar-refractivity contribution in [2.45, 2.75) is 33.1 Å². The van der Waals surface area contributed by atoms with Crippen LogP contribution < -0.4 is 11.1 Å². The van der Waals surface area contributed by atoms with Gasteiger partial charge in [0.1, 0.15) is 5.82 Å². The number of nitrogens with zero attached hydrogens (tertiary/aromatic N) is 2. The summed E-state index contributed by atoms with van der Waals surface area (Å²) in [4.78, 5) is 0. The largest absolute Gasteiger partial charge is 0.394 e. The predicted molar refractivity (Wildman–Crippen MR) is 62.8 cm³/mol. The first kappa shape index (κ1) is 10.3. The van der Waals surface area contributed by atoms with Crippen molar-refractivity contribution in [1.29, 1.82) is 0 Å². The lowest BCUT2D eigenvalue weighted by molar-refractivity contribution is 0.179. The average Bonchev–Trinajstić information content (AvgIpc) is 2.36. The molecule has 1 aromatic rings. The van der Waals surface area contributed by atoms with Crippen LogP contribution in [0.25, 0.3) is 0 Å². The maximum Gasteiger partial charge on any atom is 0.147 e. The van der Waals surface area contributed by atoms with Crippen LogP contribution in [-0.4, -0.2) is 16.3 Å². The molecular formula is C11H20N4. The third-order valence-corrected chi connectivity index (χ3v) is 3.51. The second-order valence-electron chi connectivity index (χ2n) is 4.99. The fourth-order valence-electron chi connectivity index (χ4n) is 2.14. The van der Waals surface area contributed by atoms with E-state index < -0.39 is 0 Å². The number of nitrogen functional groups attached to an aromatic ring is 1. The average molecular weight is 208 g/mol. The molecule has 0 amide bonds. The Morgan fingerprint density at radius 2 is 2.20 bits per heavy atom. The van der Waals surface area contributed by atoms with Gasteiger partial charge in [-0.3, -0.25) is 4.68 Å². The maximum atomic E-state index is 5.95.